The number of rotatable bonds is 8. The molecule has 5 atom stereocenters. The van der Waals surface area contributed by atoms with E-state index in [0.29, 0.717) is 17.9 Å². The predicted molar refractivity (Wildman–Crippen MR) is 138 cm³/mol. The van der Waals surface area contributed by atoms with E-state index >= 15 is 0 Å². The summed E-state index contributed by atoms with van der Waals surface area (Å²) in [7, 11) is 0. The molecule has 3 aromatic rings. The first-order valence-corrected chi connectivity index (χ1v) is 12.6. The summed E-state index contributed by atoms with van der Waals surface area (Å²) in [5, 5.41) is 16.0. The molecule has 1 aromatic heterocycles. The molecule has 5 rings (SSSR count). The molecule has 0 unspecified atom stereocenters. The first-order valence-electron chi connectivity index (χ1n) is 12.6. The van der Waals surface area contributed by atoms with Crippen LogP contribution >= 0.6 is 0 Å². The maximum atomic E-state index is 12.8. The molecule has 0 aliphatic carbocycles. The van der Waals surface area contributed by atoms with Crippen molar-refractivity contribution in [3.63, 3.8) is 0 Å². The number of pyridine rings is 1. The smallest absolute Gasteiger partial charge is 0.228 e. The van der Waals surface area contributed by atoms with Gasteiger partial charge in [-0.3, -0.25) is 14.6 Å². The van der Waals surface area contributed by atoms with Crippen LogP contribution in [0.5, 0.6) is 5.75 Å². The van der Waals surface area contributed by atoms with Crippen molar-refractivity contribution < 1.29 is 24.2 Å². The Morgan fingerprint density at radius 3 is 2.62 bits per heavy atom. The summed E-state index contributed by atoms with van der Waals surface area (Å²) >= 11 is 0. The van der Waals surface area contributed by atoms with E-state index in [1.165, 1.54) is 0 Å². The largest absolute Gasteiger partial charge is 0.487 e. The number of aliphatic hydroxyl groups is 1. The molecule has 37 heavy (non-hydrogen) atoms. The summed E-state index contributed by atoms with van der Waals surface area (Å²) in [4.78, 5) is 29.4. The third kappa shape index (κ3) is 5.81. The lowest BCUT2D eigenvalue weighted by atomic mass is 9.84. The Labute approximate surface area is 216 Å². The van der Waals surface area contributed by atoms with Gasteiger partial charge in [0.1, 0.15) is 18.0 Å². The number of ether oxygens (including phenoxy) is 2. The highest BCUT2D eigenvalue weighted by atomic mass is 16.6. The Morgan fingerprint density at radius 1 is 1.08 bits per heavy atom. The van der Waals surface area contributed by atoms with Gasteiger partial charge in [0.25, 0.3) is 0 Å². The normalized spacial score (nSPS) is 22.8. The second-order valence-corrected chi connectivity index (χ2v) is 9.64. The minimum absolute atomic E-state index is 0.0534. The quantitative estimate of drug-likeness (QED) is 0.436. The summed E-state index contributed by atoms with van der Waals surface area (Å²) in [5.41, 5.74) is 3.55. The number of hydrogen-bond donors (Lipinski definition) is 3. The molecule has 2 aliphatic rings. The van der Waals surface area contributed by atoms with Gasteiger partial charge in [0, 0.05) is 29.6 Å². The second-order valence-electron chi connectivity index (χ2n) is 9.64. The molecule has 0 bridgehead atoms. The van der Waals surface area contributed by atoms with Gasteiger partial charge >= 0.3 is 0 Å². The molecule has 8 nitrogen and oxygen atoms in total. The molecule has 1 saturated heterocycles. The Bertz CT molecular complexity index is 1240. The van der Waals surface area contributed by atoms with Crippen LogP contribution in [0.2, 0.25) is 0 Å². The van der Waals surface area contributed by atoms with E-state index in [4.69, 9.17) is 9.47 Å². The van der Waals surface area contributed by atoms with E-state index < -0.39 is 6.10 Å². The molecule has 3 N–H and O–H groups in total. The van der Waals surface area contributed by atoms with Crippen LogP contribution in [0.4, 0.5) is 5.69 Å². The average Bonchev–Trinajstić information content (AvgIpc) is 3.27. The highest BCUT2D eigenvalue weighted by molar-refractivity contribution is 5.92. The fourth-order valence-corrected chi connectivity index (χ4v) is 5.19. The number of benzene rings is 2. The van der Waals surface area contributed by atoms with Crippen LogP contribution in [-0.2, 0) is 20.7 Å². The van der Waals surface area contributed by atoms with Crippen LogP contribution in [0.25, 0.3) is 0 Å². The van der Waals surface area contributed by atoms with Gasteiger partial charge in [0.05, 0.1) is 31.6 Å². The van der Waals surface area contributed by atoms with Crippen LogP contribution in [0.1, 0.15) is 48.4 Å². The molecule has 2 amide bonds. The van der Waals surface area contributed by atoms with Gasteiger partial charge < -0.3 is 25.2 Å². The number of fused-ring (bicyclic) bond motifs is 3. The number of aliphatic hydroxyl groups excluding tert-OH is 1. The van der Waals surface area contributed by atoms with E-state index in [1.807, 2.05) is 67.6 Å². The van der Waals surface area contributed by atoms with Crippen molar-refractivity contribution in [1.29, 1.82) is 0 Å². The number of nitrogens with one attached hydrogen (secondary N) is 2. The van der Waals surface area contributed by atoms with Crippen LogP contribution in [0.3, 0.4) is 0 Å². The zero-order valence-corrected chi connectivity index (χ0v) is 20.7. The number of carbonyl (C=O) groups excluding carboxylic acids is 2. The van der Waals surface area contributed by atoms with Crippen molar-refractivity contribution in [2.75, 3.05) is 11.9 Å². The summed E-state index contributed by atoms with van der Waals surface area (Å²) < 4.78 is 12.2. The molecule has 192 valence electrons. The van der Waals surface area contributed by atoms with Crippen molar-refractivity contribution in [3.8, 4) is 5.75 Å². The minimum Gasteiger partial charge on any atom is -0.487 e. The second kappa shape index (κ2) is 11.1. The number of hydrogen-bond acceptors (Lipinski definition) is 6. The van der Waals surface area contributed by atoms with E-state index in [1.54, 1.807) is 12.4 Å². The molecule has 0 spiro atoms. The molecule has 0 saturated carbocycles. The number of amides is 2. The lowest BCUT2D eigenvalue weighted by Gasteiger charge is -2.37. The number of aromatic nitrogens is 1. The van der Waals surface area contributed by atoms with E-state index in [0.717, 1.165) is 16.7 Å². The van der Waals surface area contributed by atoms with Crippen molar-refractivity contribution in [2.24, 2.45) is 0 Å². The molecule has 3 heterocycles. The van der Waals surface area contributed by atoms with Gasteiger partial charge in [-0.1, -0.05) is 30.3 Å². The van der Waals surface area contributed by atoms with Gasteiger partial charge in [-0.05, 0) is 54.8 Å². The minimum atomic E-state index is -0.541. The molecule has 2 aromatic carbocycles. The zero-order chi connectivity index (χ0) is 25.8. The van der Waals surface area contributed by atoms with Crippen molar-refractivity contribution >= 4 is 17.5 Å². The zero-order valence-electron chi connectivity index (χ0n) is 20.7. The van der Waals surface area contributed by atoms with E-state index in [2.05, 4.69) is 15.6 Å². The van der Waals surface area contributed by atoms with Crippen LogP contribution < -0.4 is 15.4 Å². The lowest BCUT2D eigenvalue weighted by Crippen LogP contribution is -2.47. The highest BCUT2D eigenvalue weighted by Gasteiger charge is 2.46. The predicted octanol–water partition coefficient (Wildman–Crippen LogP) is 3.52. The summed E-state index contributed by atoms with van der Waals surface area (Å²) in [6.07, 6.45) is 3.10. The molecular weight excluding hydrogens is 470 g/mol. The summed E-state index contributed by atoms with van der Waals surface area (Å²) in [5.74, 6) is 0.436. The Morgan fingerprint density at radius 2 is 1.86 bits per heavy atom. The number of anilines is 1. The van der Waals surface area contributed by atoms with Crippen LogP contribution in [0, 0.1) is 0 Å². The Hall–Kier alpha value is -3.75. The van der Waals surface area contributed by atoms with Gasteiger partial charge in [-0.2, -0.15) is 0 Å². The van der Waals surface area contributed by atoms with Gasteiger partial charge in [0.15, 0.2) is 0 Å². The topological polar surface area (TPSA) is 110 Å². The average molecular weight is 502 g/mol. The first-order chi connectivity index (χ1) is 18.0. The Kier molecular flexibility index (Phi) is 7.48. The van der Waals surface area contributed by atoms with Gasteiger partial charge in [0.2, 0.25) is 11.8 Å². The molecule has 1 fully saturated rings. The molecule has 0 radical (unpaired) electrons. The Balaban J connectivity index is 1.25. The van der Waals surface area contributed by atoms with E-state index in [9.17, 15) is 14.7 Å². The standard InChI is InChI=1S/C29H31N3O5/c1-18(20-5-3-2-4-6-20)31-28(35)16-22-15-24-23-14-21(32-27(34)13-19-9-11-30-12-10-19)7-8-25(23)37-29(24)26(17-33)36-22/h2-12,14,18,22,24,26,29,33H,13,15-17H2,1H3,(H,31,35)(H,32,34)/t18-,22+,24-,26+,29+/m0/s1. The summed E-state index contributed by atoms with van der Waals surface area (Å²) in [6.45, 7) is 1.75. The van der Waals surface area contributed by atoms with Gasteiger partial charge in [-0.25, -0.2) is 0 Å². The third-order valence-corrected chi connectivity index (χ3v) is 6.99. The number of carbonyl (C=O) groups is 2. The maximum Gasteiger partial charge on any atom is 0.228 e. The SMILES string of the molecule is C[C@H](NC(=O)C[C@H]1C[C@H]2c3cc(NC(=O)Cc4ccncc4)ccc3O[C@H]2[C@@H](CO)O1)c1ccccc1. The fraction of sp³-hybridized carbons (Fsp3) is 0.345. The van der Waals surface area contributed by atoms with Crippen LogP contribution in [-0.4, -0.2) is 46.8 Å². The highest BCUT2D eigenvalue weighted by Crippen LogP contribution is 2.47. The van der Waals surface area contributed by atoms with Crippen molar-refractivity contribution in [1.82, 2.24) is 10.3 Å². The van der Waals surface area contributed by atoms with Gasteiger partial charge in [-0.15, -0.1) is 0 Å². The monoisotopic (exact) mass is 501 g/mol. The fourth-order valence-electron chi connectivity index (χ4n) is 5.19. The third-order valence-electron chi connectivity index (χ3n) is 6.99. The number of nitrogens with zero attached hydrogens (tertiary/aromatic N) is 1. The van der Waals surface area contributed by atoms with Crippen LogP contribution in [0.15, 0.2) is 73.1 Å². The molecular formula is C29H31N3O5. The lowest BCUT2D eigenvalue weighted by molar-refractivity contribution is -0.142. The maximum absolute atomic E-state index is 12.8. The van der Waals surface area contributed by atoms with E-state index in [-0.39, 0.29) is 55.4 Å². The molecule has 8 heteroatoms. The molecule has 2 aliphatic heterocycles. The first kappa shape index (κ1) is 24.9. The summed E-state index contributed by atoms with van der Waals surface area (Å²) in [6, 6.07) is 18.9. The van der Waals surface area contributed by atoms with Crippen molar-refractivity contribution in [2.45, 2.75) is 56.5 Å². The van der Waals surface area contributed by atoms with Crippen molar-refractivity contribution in [3.05, 3.63) is 89.7 Å².